The van der Waals surface area contributed by atoms with E-state index in [-0.39, 0.29) is 17.6 Å². The lowest BCUT2D eigenvalue weighted by Gasteiger charge is -2.11. The number of ether oxygens (including phenoxy) is 2. The van der Waals surface area contributed by atoms with Crippen molar-refractivity contribution in [2.24, 2.45) is 0 Å². The van der Waals surface area contributed by atoms with Crippen LogP contribution in [0.3, 0.4) is 0 Å². The van der Waals surface area contributed by atoms with Crippen molar-refractivity contribution < 1.29 is 19.1 Å². The summed E-state index contributed by atoms with van der Waals surface area (Å²) in [7, 11) is 1.56. The van der Waals surface area contributed by atoms with E-state index >= 15 is 0 Å². The predicted octanol–water partition coefficient (Wildman–Crippen LogP) is 1.72. The minimum atomic E-state index is -0.451. The molecule has 0 aromatic heterocycles. The van der Waals surface area contributed by atoms with Crippen LogP contribution in [0, 0.1) is 6.92 Å². The van der Waals surface area contributed by atoms with Crippen LogP contribution in [0.4, 0.5) is 0 Å². The van der Waals surface area contributed by atoms with Crippen LogP contribution in [0.2, 0.25) is 0 Å². The normalized spacial score (nSPS) is 9.77. The van der Waals surface area contributed by atoms with Crippen molar-refractivity contribution in [2.45, 2.75) is 6.92 Å². The van der Waals surface area contributed by atoms with Crippen LogP contribution >= 0.6 is 12.2 Å². The van der Waals surface area contributed by atoms with Crippen molar-refractivity contribution in [1.29, 1.82) is 0 Å². The van der Waals surface area contributed by atoms with Crippen molar-refractivity contribution in [3.05, 3.63) is 59.7 Å². The zero-order valence-corrected chi connectivity index (χ0v) is 15.2. The molecule has 2 aromatic rings. The molecule has 8 heteroatoms. The van der Waals surface area contributed by atoms with E-state index in [1.165, 1.54) is 0 Å². The minimum absolute atomic E-state index is 0.0200. The number of amides is 2. The molecule has 0 atom stereocenters. The molecule has 0 aliphatic heterocycles. The fourth-order valence-electron chi connectivity index (χ4n) is 1.89. The molecule has 0 spiro atoms. The molecule has 2 amide bonds. The summed E-state index contributed by atoms with van der Waals surface area (Å²) >= 11 is 4.97. The zero-order chi connectivity index (χ0) is 18.9. The SMILES string of the molecule is COc1ccc(OCC(=O)NNC(=S)NC(=O)c2ccc(C)cc2)cc1. The summed E-state index contributed by atoms with van der Waals surface area (Å²) < 4.78 is 10.4. The van der Waals surface area contributed by atoms with Crippen LogP contribution in [-0.2, 0) is 4.79 Å². The third-order valence-electron chi connectivity index (χ3n) is 3.29. The Hall–Kier alpha value is -3.13. The highest BCUT2D eigenvalue weighted by atomic mass is 32.1. The van der Waals surface area contributed by atoms with Crippen molar-refractivity contribution >= 4 is 29.1 Å². The fourth-order valence-corrected chi connectivity index (χ4v) is 2.04. The molecule has 136 valence electrons. The molecule has 0 fully saturated rings. The van der Waals surface area contributed by atoms with Crippen molar-refractivity contribution in [1.82, 2.24) is 16.2 Å². The molecule has 2 rings (SSSR count). The Kier molecular flexibility index (Phi) is 6.92. The molecule has 0 unspecified atom stereocenters. The summed E-state index contributed by atoms with van der Waals surface area (Å²) in [6.45, 7) is 1.71. The first-order valence-corrected chi connectivity index (χ1v) is 8.12. The van der Waals surface area contributed by atoms with Crippen molar-refractivity contribution in [3.8, 4) is 11.5 Å². The highest BCUT2D eigenvalue weighted by Crippen LogP contribution is 2.16. The summed E-state index contributed by atoms with van der Waals surface area (Å²) in [5.41, 5.74) is 6.31. The van der Waals surface area contributed by atoms with E-state index in [2.05, 4.69) is 16.2 Å². The number of aryl methyl sites for hydroxylation is 1. The number of nitrogens with one attached hydrogen (secondary N) is 3. The first-order chi connectivity index (χ1) is 12.5. The number of hydrazine groups is 1. The quantitative estimate of drug-likeness (QED) is 0.546. The topological polar surface area (TPSA) is 88.7 Å². The van der Waals surface area contributed by atoms with E-state index < -0.39 is 5.91 Å². The Labute approximate surface area is 156 Å². The van der Waals surface area contributed by atoms with Crippen LogP contribution in [0.15, 0.2) is 48.5 Å². The second kappa shape index (κ2) is 9.38. The Balaban J connectivity index is 1.71. The van der Waals surface area contributed by atoms with E-state index in [9.17, 15) is 9.59 Å². The third-order valence-corrected chi connectivity index (χ3v) is 3.49. The van der Waals surface area contributed by atoms with Crippen LogP contribution in [0.25, 0.3) is 0 Å². The Morgan fingerprint density at radius 3 is 2.19 bits per heavy atom. The highest BCUT2D eigenvalue weighted by Gasteiger charge is 2.08. The van der Waals surface area contributed by atoms with Gasteiger partial charge in [-0.05, 0) is 55.5 Å². The van der Waals surface area contributed by atoms with Gasteiger partial charge in [-0.2, -0.15) is 0 Å². The van der Waals surface area contributed by atoms with Gasteiger partial charge in [0.1, 0.15) is 11.5 Å². The molecule has 0 aliphatic rings. The molecule has 7 nitrogen and oxygen atoms in total. The summed E-state index contributed by atoms with van der Waals surface area (Å²) in [5, 5.41) is 2.45. The molecular formula is C18H19N3O4S. The third kappa shape index (κ3) is 6.06. The van der Waals surface area contributed by atoms with Gasteiger partial charge in [-0.25, -0.2) is 0 Å². The first-order valence-electron chi connectivity index (χ1n) is 7.71. The Morgan fingerprint density at radius 1 is 0.962 bits per heavy atom. The van der Waals surface area contributed by atoms with E-state index in [0.29, 0.717) is 17.1 Å². The number of thiocarbonyl (C=S) groups is 1. The lowest BCUT2D eigenvalue weighted by atomic mass is 10.1. The fraction of sp³-hybridized carbons (Fsp3) is 0.167. The number of benzene rings is 2. The van der Waals surface area contributed by atoms with Gasteiger partial charge in [0.25, 0.3) is 11.8 Å². The summed E-state index contributed by atoms with van der Waals surface area (Å²) in [5.74, 6) is 0.397. The van der Waals surface area contributed by atoms with Crippen LogP contribution in [-0.4, -0.2) is 30.6 Å². The summed E-state index contributed by atoms with van der Waals surface area (Å²) in [6, 6.07) is 13.8. The molecule has 2 aromatic carbocycles. The zero-order valence-electron chi connectivity index (χ0n) is 14.4. The number of carbonyl (C=O) groups is 2. The van der Waals surface area contributed by atoms with Gasteiger partial charge in [0, 0.05) is 5.56 Å². The van der Waals surface area contributed by atoms with Gasteiger partial charge < -0.3 is 9.47 Å². The summed E-state index contributed by atoms with van der Waals surface area (Å²) in [4.78, 5) is 23.7. The molecule has 3 N–H and O–H groups in total. The molecule has 26 heavy (non-hydrogen) atoms. The lowest BCUT2D eigenvalue weighted by molar-refractivity contribution is -0.123. The second-order valence-corrected chi connectivity index (χ2v) is 5.69. The van der Waals surface area contributed by atoms with Gasteiger partial charge in [-0.3, -0.25) is 25.8 Å². The number of carbonyl (C=O) groups excluding carboxylic acids is 2. The Bertz CT molecular complexity index is 776. The van der Waals surface area contributed by atoms with Gasteiger partial charge >= 0.3 is 0 Å². The van der Waals surface area contributed by atoms with E-state index in [1.54, 1.807) is 43.5 Å². The average molecular weight is 373 g/mol. The van der Waals surface area contributed by atoms with E-state index in [1.807, 2.05) is 19.1 Å². The predicted molar refractivity (Wildman–Crippen MR) is 101 cm³/mol. The maximum Gasteiger partial charge on any atom is 0.276 e. The summed E-state index contributed by atoms with van der Waals surface area (Å²) in [6.07, 6.45) is 0. The standard InChI is InChI=1S/C18H19N3O4S/c1-12-3-5-13(6-4-12)17(23)19-18(26)21-20-16(22)11-25-15-9-7-14(24-2)8-10-15/h3-10H,11H2,1-2H3,(H,20,22)(H2,19,21,23,26). The molecule has 0 saturated carbocycles. The molecule has 0 heterocycles. The van der Waals surface area contributed by atoms with Crippen molar-refractivity contribution in [3.63, 3.8) is 0 Å². The molecule has 0 radical (unpaired) electrons. The maximum absolute atomic E-state index is 12.0. The minimum Gasteiger partial charge on any atom is -0.497 e. The van der Waals surface area contributed by atoms with Gasteiger partial charge in [-0.15, -0.1) is 0 Å². The molecule has 0 saturated heterocycles. The number of rotatable bonds is 5. The van der Waals surface area contributed by atoms with Gasteiger partial charge in [0.15, 0.2) is 11.7 Å². The van der Waals surface area contributed by atoms with E-state index in [0.717, 1.165) is 5.56 Å². The van der Waals surface area contributed by atoms with Gasteiger partial charge in [0.2, 0.25) is 0 Å². The van der Waals surface area contributed by atoms with Crippen molar-refractivity contribution in [2.75, 3.05) is 13.7 Å². The van der Waals surface area contributed by atoms with Gasteiger partial charge in [0.05, 0.1) is 7.11 Å². The molecule has 0 aliphatic carbocycles. The highest BCUT2D eigenvalue weighted by molar-refractivity contribution is 7.80. The average Bonchev–Trinajstić information content (AvgIpc) is 2.65. The van der Waals surface area contributed by atoms with Crippen LogP contribution in [0.1, 0.15) is 15.9 Å². The second-order valence-electron chi connectivity index (χ2n) is 5.29. The largest absolute Gasteiger partial charge is 0.497 e. The number of methoxy groups -OCH3 is 1. The number of hydrogen-bond donors (Lipinski definition) is 3. The van der Waals surface area contributed by atoms with Crippen LogP contribution < -0.4 is 25.6 Å². The van der Waals surface area contributed by atoms with E-state index in [4.69, 9.17) is 21.7 Å². The van der Waals surface area contributed by atoms with Crippen LogP contribution in [0.5, 0.6) is 11.5 Å². The van der Waals surface area contributed by atoms with Gasteiger partial charge in [-0.1, -0.05) is 17.7 Å². The monoisotopic (exact) mass is 373 g/mol. The number of hydrogen-bond acceptors (Lipinski definition) is 5. The maximum atomic E-state index is 12.0. The molecule has 0 bridgehead atoms. The Morgan fingerprint density at radius 2 is 1.58 bits per heavy atom. The smallest absolute Gasteiger partial charge is 0.276 e. The lowest BCUT2D eigenvalue weighted by Crippen LogP contribution is -2.49. The first kappa shape index (κ1) is 19.2. The molecular weight excluding hydrogens is 354 g/mol.